The lowest BCUT2D eigenvalue weighted by Crippen LogP contribution is -2.12. The Morgan fingerprint density at radius 3 is 2.52 bits per heavy atom. The molecule has 0 atom stereocenters. The molecule has 3 heterocycles. The second-order valence-electron chi connectivity index (χ2n) is 7.35. The van der Waals surface area contributed by atoms with Crippen molar-refractivity contribution in [3.8, 4) is 22.6 Å². The summed E-state index contributed by atoms with van der Waals surface area (Å²) >= 11 is 1.54. The number of thiophene rings is 1. The molecule has 0 spiro atoms. The molecular formula is C24H19N5O2S2. The number of nitrogens with one attached hydrogen (secondary N) is 1. The van der Waals surface area contributed by atoms with Crippen molar-refractivity contribution < 1.29 is 8.42 Å². The summed E-state index contributed by atoms with van der Waals surface area (Å²) in [5.74, 6) is 1.17. The molecule has 5 aromatic rings. The standard InChI is InChI=1S/C24H19N5O2S2/c25-33(30,31)18-10-6-7-16(13-18)14-27-23-21-19(17-8-2-1-3-9-17)15-32-24(21)29-22(28-23)20-11-4-5-12-26-20/h1-13,15H,14H2,(H2,25,30,31)(H,27,28,29). The molecule has 164 valence electrons. The van der Waals surface area contributed by atoms with Crippen molar-refractivity contribution in [3.05, 3.63) is 89.9 Å². The van der Waals surface area contributed by atoms with Gasteiger partial charge >= 0.3 is 0 Å². The monoisotopic (exact) mass is 473 g/mol. The minimum absolute atomic E-state index is 0.0734. The van der Waals surface area contributed by atoms with Crippen molar-refractivity contribution in [3.63, 3.8) is 0 Å². The number of benzene rings is 2. The Bertz CT molecular complexity index is 1540. The van der Waals surface area contributed by atoms with E-state index in [4.69, 9.17) is 15.1 Å². The Labute approximate surface area is 195 Å². The van der Waals surface area contributed by atoms with Gasteiger partial charge in [0.05, 0.1) is 10.3 Å². The number of pyridine rings is 1. The molecule has 0 saturated carbocycles. The van der Waals surface area contributed by atoms with E-state index in [9.17, 15) is 8.42 Å². The van der Waals surface area contributed by atoms with E-state index in [1.807, 2.05) is 54.6 Å². The zero-order chi connectivity index (χ0) is 22.8. The average molecular weight is 474 g/mol. The van der Waals surface area contributed by atoms with Crippen molar-refractivity contribution in [2.45, 2.75) is 11.4 Å². The molecule has 0 aliphatic rings. The van der Waals surface area contributed by atoms with Crippen LogP contribution < -0.4 is 10.5 Å². The lowest BCUT2D eigenvalue weighted by molar-refractivity contribution is 0.597. The van der Waals surface area contributed by atoms with Crippen molar-refractivity contribution in [2.24, 2.45) is 5.14 Å². The number of sulfonamides is 1. The molecule has 9 heteroatoms. The molecule has 0 bridgehead atoms. The Kier molecular flexibility index (Phi) is 5.59. The number of primary sulfonamides is 1. The van der Waals surface area contributed by atoms with Crippen molar-refractivity contribution >= 4 is 37.4 Å². The molecule has 0 aliphatic heterocycles. The van der Waals surface area contributed by atoms with Gasteiger partial charge in [-0.3, -0.25) is 4.98 Å². The summed E-state index contributed by atoms with van der Waals surface area (Å²) in [6, 6.07) is 22.2. The van der Waals surface area contributed by atoms with Crippen LogP contribution >= 0.6 is 11.3 Å². The van der Waals surface area contributed by atoms with Crippen LogP contribution in [-0.2, 0) is 16.6 Å². The molecular weight excluding hydrogens is 454 g/mol. The fourth-order valence-electron chi connectivity index (χ4n) is 3.53. The smallest absolute Gasteiger partial charge is 0.238 e. The first-order valence-corrected chi connectivity index (χ1v) is 12.5. The first-order chi connectivity index (χ1) is 16.0. The summed E-state index contributed by atoms with van der Waals surface area (Å²) in [5.41, 5.74) is 3.54. The highest BCUT2D eigenvalue weighted by molar-refractivity contribution is 7.89. The summed E-state index contributed by atoms with van der Waals surface area (Å²) in [7, 11) is -3.78. The van der Waals surface area contributed by atoms with Crippen LogP contribution in [0.1, 0.15) is 5.56 Å². The molecule has 3 N–H and O–H groups in total. The number of hydrogen-bond donors (Lipinski definition) is 2. The van der Waals surface area contributed by atoms with Gasteiger partial charge in [0.2, 0.25) is 10.0 Å². The van der Waals surface area contributed by atoms with E-state index in [2.05, 4.69) is 15.7 Å². The maximum atomic E-state index is 11.7. The van der Waals surface area contributed by atoms with Crippen LogP contribution in [-0.4, -0.2) is 23.4 Å². The third-order valence-corrected chi connectivity index (χ3v) is 6.88. The third kappa shape index (κ3) is 4.47. The minimum atomic E-state index is -3.78. The molecule has 5 rings (SSSR count). The highest BCUT2D eigenvalue weighted by Gasteiger charge is 2.17. The summed E-state index contributed by atoms with van der Waals surface area (Å²) < 4.78 is 23.5. The van der Waals surface area contributed by atoms with Crippen LogP contribution in [0, 0.1) is 0 Å². The van der Waals surface area contributed by atoms with Gasteiger partial charge in [-0.15, -0.1) is 11.3 Å². The van der Waals surface area contributed by atoms with Crippen LogP contribution in [0.15, 0.2) is 89.3 Å². The van der Waals surface area contributed by atoms with Crippen LogP contribution in [0.2, 0.25) is 0 Å². The van der Waals surface area contributed by atoms with Crippen molar-refractivity contribution in [2.75, 3.05) is 5.32 Å². The van der Waals surface area contributed by atoms with Gasteiger partial charge in [-0.05, 0) is 35.4 Å². The van der Waals surface area contributed by atoms with Crippen molar-refractivity contribution in [1.29, 1.82) is 0 Å². The highest BCUT2D eigenvalue weighted by Crippen LogP contribution is 2.38. The Morgan fingerprint density at radius 2 is 1.76 bits per heavy atom. The number of nitrogens with zero attached hydrogens (tertiary/aromatic N) is 3. The molecule has 0 radical (unpaired) electrons. The first kappa shape index (κ1) is 21.2. The van der Waals surface area contributed by atoms with Gasteiger partial charge in [0.25, 0.3) is 0 Å². The molecule has 7 nitrogen and oxygen atoms in total. The maximum Gasteiger partial charge on any atom is 0.238 e. The predicted octanol–water partition coefficient (Wildman–Crippen LogP) is 4.68. The van der Waals surface area contributed by atoms with E-state index in [1.54, 1.807) is 29.7 Å². The van der Waals surface area contributed by atoms with E-state index in [-0.39, 0.29) is 4.90 Å². The van der Waals surface area contributed by atoms with Crippen molar-refractivity contribution in [1.82, 2.24) is 15.0 Å². The Balaban J connectivity index is 1.60. The Hall–Kier alpha value is -3.66. The zero-order valence-corrected chi connectivity index (χ0v) is 19.0. The van der Waals surface area contributed by atoms with Gasteiger partial charge in [-0.25, -0.2) is 23.5 Å². The molecule has 3 aromatic heterocycles. The fourth-order valence-corrected chi connectivity index (χ4v) is 5.06. The molecule has 0 saturated heterocycles. The average Bonchev–Trinajstić information content (AvgIpc) is 3.28. The lowest BCUT2D eigenvalue weighted by Gasteiger charge is -2.11. The second kappa shape index (κ2) is 8.70. The summed E-state index contributed by atoms with van der Waals surface area (Å²) in [6.45, 7) is 0.362. The van der Waals surface area contributed by atoms with Gasteiger partial charge in [0.1, 0.15) is 16.3 Å². The number of aromatic nitrogens is 3. The molecule has 33 heavy (non-hydrogen) atoms. The van der Waals surface area contributed by atoms with E-state index >= 15 is 0 Å². The van der Waals surface area contributed by atoms with Crippen LogP contribution in [0.5, 0.6) is 0 Å². The number of anilines is 1. The Morgan fingerprint density at radius 1 is 0.939 bits per heavy atom. The summed E-state index contributed by atoms with van der Waals surface area (Å²) in [5, 5.41) is 11.7. The normalized spacial score (nSPS) is 11.5. The summed E-state index contributed by atoms with van der Waals surface area (Å²) in [4.78, 5) is 14.9. The van der Waals surface area contributed by atoms with Crippen LogP contribution in [0.3, 0.4) is 0 Å². The zero-order valence-electron chi connectivity index (χ0n) is 17.3. The highest BCUT2D eigenvalue weighted by atomic mass is 32.2. The van der Waals surface area contributed by atoms with Crippen LogP contribution in [0.4, 0.5) is 5.82 Å². The first-order valence-electron chi connectivity index (χ1n) is 10.1. The topological polar surface area (TPSA) is 111 Å². The van der Waals surface area contributed by atoms with Gasteiger partial charge in [-0.1, -0.05) is 48.5 Å². The number of rotatable bonds is 6. The second-order valence-corrected chi connectivity index (χ2v) is 9.77. The van der Waals surface area contributed by atoms with Gasteiger partial charge in [0, 0.05) is 23.7 Å². The minimum Gasteiger partial charge on any atom is -0.365 e. The molecule has 2 aromatic carbocycles. The molecule has 0 unspecified atom stereocenters. The maximum absolute atomic E-state index is 11.7. The quantitative estimate of drug-likeness (QED) is 0.370. The SMILES string of the molecule is NS(=O)(=O)c1cccc(CNc2nc(-c3ccccn3)nc3scc(-c4ccccc4)c23)c1. The third-order valence-electron chi connectivity index (χ3n) is 5.10. The van der Waals surface area contributed by atoms with E-state index in [1.165, 1.54) is 6.07 Å². The van der Waals surface area contributed by atoms with E-state index < -0.39 is 10.0 Å². The number of hydrogen-bond acceptors (Lipinski definition) is 7. The molecule has 0 amide bonds. The van der Waals surface area contributed by atoms with Gasteiger partial charge in [-0.2, -0.15) is 0 Å². The van der Waals surface area contributed by atoms with Gasteiger partial charge in [0.15, 0.2) is 5.82 Å². The lowest BCUT2D eigenvalue weighted by atomic mass is 10.1. The number of nitrogens with two attached hydrogens (primary N) is 1. The van der Waals surface area contributed by atoms with Crippen LogP contribution in [0.25, 0.3) is 32.9 Å². The van der Waals surface area contributed by atoms with Gasteiger partial charge < -0.3 is 5.32 Å². The van der Waals surface area contributed by atoms with E-state index in [0.29, 0.717) is 23.9 Å². The largest absolute Gasteiger partial charge is 0.365 e. The van der Waals surface area contributed by atoms with E-state index in [0.717, 1.165) is 26.9 Å². The predicted molar refractivity (Wildman–Crippen MR) is 131 cm³/mol. The molecule has 0 aliphatic carbocycles. The summed E-state index contributed by atoms with van der Waals surface area (Å²) in [6.07, 6.45) is 1.71. The number of fused-ring (bicyclic) bond motifs is 1. The molecule has 0 fully saturated rings. The fraction of sp³-hybridized carbons (Fsp3) is 0.0417.